The molecular formula is C16H16Cl3NS. The highest BCUT2D eigenvalue weighted by molar-refractivity contribution is 7.99. The van der Waals surface area contributed by atoms with E-state index >= 15 is 0 Å². The molecule has 0 bridgehead atoms. The topological polar surface area (TPSA) is 26.0 Å². The third-order valence-electron chi connectivity index (χ3n) is 3.15. The third-order valence-corrected chi connectivity index (χ3v) is 5.22. The minimum absolute atomic E-state index is 0.152. The van der Waals surface area contributed by atoms with Gasteiger partial charge in [-0.1, -0.05) is 59.6 Å². The molecule has 5 heteroatoms. The van der Waals surface area contributed by atoms with Crippen LogP contribution in [0.25, 0.3) is 0 Å². The van der Waals surface area contributed by atoms with Gasteiger partial charge in [-0.3, -0.25) is 0 Å². The Balaban J connectivity index is 2.28. The Morgan fingerprint density at radius 1 is 1.05 bits per heavy atom. The van der Waals surface area contributed by atoms with Gasteiger partial charge >= 0.3 is 0 Å². The molecule has 0 saturated carbocycles. The van der Waals surface area contributed by atoms with Crippen LogP contribution in [0.2, 0.25) is 15.1 Å². The van der Waals surface area contributed by atoms with Gasteiger partial charge in [0.25, 0.3) is 0 Å². The second kappa shape index (κ2) is 7.75. The van der Waals surface area contributed by atoms with Crippen molar-refractivity contribution in [1.82, 2.24) is 0 Å². The van der Waals surface area contributed by atoms with Crippen molar-refractivity contribution in [1.29, 1.82) is 0 Å². The zero-order chi connectivity index (χ0) is 15.4. The van der Waals surface area contributed by atoms with Gasteiger partial charge in [0.15, 0.2) is 0 Å². The lowest BCUT2D eigenvalue weighted by Crippen LogP contribution is -2.21. The molecule has 2 aromatic rings. The molecule has 0 amide bonds. The first-order valence-electron chi connectivity index (χ1n) is 6.66. The quantitative estimate of drug-likeness (QED) is 0.699. The minimum Gasteiger partial charge on any atom is -0.327 e. The summed E-state index contributed by atoms with van der Waals surface area (Å²) in [5, 5.41) is 1.82. The summed E-state index contributed by atoms with van der Waals surface area (Å²) < 4.78 is 0. The summed E-state index contributed by atoms with van der Waals surface area (Å²) in [6.07, 6.45) is 1.77. The highest BCUT2D eigenvalue weighted by atomic mass is 35.5. The summed E-state index contributed by atoms with van der Waals surface area (Å²) in [7, 11) is 0. The van der Waals surface area contributed by atoms with Crippen molar-refractivity contribution >= 4 is 46.6 Å². The molecule has 21 heavy (non-hydrogen) atoms. The zero-order valence-electron chi connectivity index (χ0n) is 11.6. The third kappa shape index (κ3) is 4.80. The first-order chi connectivity index (χ1) is 9.99. The lowest BCUT2D eigenvalue weighted by Gasteiger charge is -2.14. The van der Waals surface area contributed by atoms with E-state index in [1.165, 1.54) is 5.56 Å². The van der Waals surface area contributed by atoms with Crippen molar-refractivity contribution in [3.63, 3.8) is 0 Å². The van der Waals surface area contributed by atoms with E-state index in [9.17, 15) is 0 Å². The lowest BCUT2D eigenvalue weighted by molar-refractivity contribution is 0.641. The van der Waals surface area contributed by atoms with Crippen molar-refractivity contribution in [2.24, 2.45) is 5.73 Å². The highest BCUT2D eigenvalue weighted by Crippen LogP contribution is 2.36. The average Bonchev–Trinajstić information content (AvgIpc) is 2.45. The molecule has 2 aromatic carbocycles. The monoisotopic (exact) mass is 359 g/mol. The van der Waals surface area contributed by atoms with Crippen LogP contribution in [-0.4, -0.2) is 6.04 Å². The van der Waals surface area contributed by atoms with Crippen LogP contribution >= 0.6 is 46.6 Å². The molecule has 0 spiro atoms. The molecule has 0 aliphatic carbocycles. The van der Waals surface area contributed by atoms with Gasteiger partial charge in [0.2, 0.25) is 0 Å². The van der Waals surface area contributed by atoms with E-state index in [4.69, 9.17) is 40.5 Å². The van der Waals surface area contributed by atoms with Gasteiger partial charge in [0.1, 0.15) is 0 Å². The van der Waals surface area contributed by atoms with E-state index in [1.807, 2.05) is 30.3 Å². The fourth-order valence-corrected chi connectivity index (χ4v) is 3.52. The smallest absolute Gasteiger partial charge is 0.0603 e. The SMILES string of the molecule is CCC(N)Cc1ccc(Cl)cc1Sc1ccc(Cl)c(Cl)c1. The van der Waals surface area contributed by atoms with Gasteiger partial charge in [-0.05, 0) is 48.7 Å². The maximum atomic E-state index is 6.12. The Kier molecular flexibility index (Phi) is 6.27. The van der Waals surface area contributed by atoms with E-state index in [-0.39, 0.29) is 6.04 Å². The fraction of sp³-hybridized carbons (Fsp3) is 0.250. The van der Waals surface area contributed by atoms with E-state index in [2.05, 4.69) is 6.92 Å². The Morgan fingerprint density at radius 3 is 2.48 bits per heavy atom. The van der Waals surface area contributed by atoms with Crippen molar-refractivity contribution in [3.05, 3.63) is 57.0 Å². The van der Waals surface area contributed by atoms with Crippen LogP contribution in [0.4, 0.5) is 0 Å². The predicted molar refractivity (Wildman–Crippen MR) is 94.0 cm³/mol. The van der Waals surface area contributed by atoms with E-state index in [0.717, 1.165) is 22.6 Å². The van der Waals surface area contributed by atoms with E-state index < -0.39 is 0 Å². The molecular weight excluding hydrogens is 345 g/mol. The lowest BCUT2D eigenvalue weighted by atomic mass is 10.1. The van der Waals surface area contributed by atoms with Crippen molar-refractivity contribution < 1.29 is 0 Å². The Morgan fingerprint density at radius 2 is 1.81 bits per heavy atom. The summed E-state index contributed by atoms with van der Waals surface area (Å²) in [5.74, 6) is 0. The Hall–Kier alpha value is -0.380. The van der Waals surface area contributed by atoms with E-state index in [0.29, 0.717) is 15.1 Å². The Bertz CT molecular complexity index is 631. The molecule has 1 atom stereocenters. The van der Waals surface area contributed by atoms with Gasteiger partial charge in [0, 0.05) is 20.9 Å². The number of hydrogen-bond acceptors (Lipinski definition) is 2. The molecule has 0 fully saturated rings. The van der Waals surface area contributed by atoms with Crippen molar-refractivity contribution in [2.75, 3.05) is 0 Å². The molecule has 0 radical (unpaired) electrons. The largest absolute Gasteiger partial charge is 0.327 e. The summed E-state index contributed by atoms with van der Waals surface area (Å²) in [6.45, 7) is 2.09. The van der Waals surface area contributed by atoms with Gasteiger partial charge < -0.3 is 5.73 Å². The molecule has 2 rings (SSSR count). The second-order valence-electron chi connectivity index (χ2n) is 4.80. The molecule has 112 valence electrons. The molecule has 1 nitrogen and oxygen atoms in total. The second-order valence-corrected chi connectivity index (χ2v) is 7.17. The number of nitrogens with two attached hydrogens (primary N) is 1. The molecule has 1 unspecified atom stereocenters. The van der Waals surface area contributed by atoms with Gasteiger partial charge in [-0.25, -0.2) is 0 Å². The zero-order valence-corrected chi connectivity index (χ0v) is 14.7. The number of rotatable bonds is 5. The van der Waals surface area contributed by atoms with Crippen molar-refractivity contribution in [3.8, 4) is 0 Å². The molecule has 0 aliphatic heterocycles. The van der Waals surface area contributed by atoms with Gasteiger partial charge in [-0.15, -0.1) is 0 Å². The van der Waals surface area contributed by atoms with Crippen molar-refractivity contribution in [2.45, 2.75) is 35.6 Å². The summed E-state index contributed by atoms with van der Waals surface area (Å²) >= 11 is 19.8. The average molecular weight is 361 g/mol. The van der Waals surface area contributed by atoms with E-state index in [1.54, 1.807) is 17.8 Å². The summed E-state index contributed by atoms with van der Waals surface area (Å²) in [5.41, 5.74) is 7.27. The molecule has 0 heterocycles. The van der Waals surface area contributed by atoms with Gasteiger partial charge in [0.05, 0.1) is 10.0 Å². The predicted octanol–water partition coefficient (Wildman–Crippen LogP) is 6.08. The first kappa shape index (κ1) is 17.0. The molecule has 0 aliphatic rings. The minimum atomic E-state index is 0.152. The molecule has 2 N–H and O–H groups in total. The fourth-order valence-electron chi connectivity index (χ4n) is 1.89. The molecule has 0 aromatic heterocycles. The summed E-state index contributed by atoms with van der Waals surface area (Å²) in [6, 6.07) is 11.7. The van der Waals surface area contributed by atoms with Crippen LogP contribution in [0.15, 0.2) is 46.2 Å². The number of benzene rings is 2. The Labute approximate surface area is 144 Å². The van der Waals surface area contributed by atoms with Crippen LogP contribution in [0.3, 0.4) is 0 Å². The highest BCUT2D eigenvalue weighted by Gasteiger charge is 2.10. The first-order valence-corrected chi connectivity index (χ1v) is 8.61. The number of halogens is 3. The normalized spacial score (nSPS) is 12.4. The maximum Gasteiger partial charge on any atom is 0.0603 e. The summed E-state index contributed by atoms with van der Waals surface area (Å²) in [4.78, 5) is 2.13. The van der Waals surface area contributed by atoms with Crippen LogP contribution < -0.4 is 5.73 Å². The molecule has 0 saturated heterocycles. The van der Waals surface area contributed by atoms with Crippen LogP contribution in [0.1, 0.15) is 18.9 Å². The van der Waals surface area contributed by atoms with Crippen LogP contribution in [-0.2, 0) is 6.42 Å². The standard InChI is InChI=1S/C16H16Cl3NS/c1-2-12(20)7-10-3-4-11(17)8-16(10)21-13-5-6-14(18)15(19)9-13/h3-6,8-9,12H,2,7,20H2,1H3. The maximum absolute atomic E-state index is 6.12. The van der Waals surface area contributed by atoms with Gasteiger partial charge in [-0.2, -0.15) is 0 Å². The number of hydrogen-bond donors (Lipinski definition) is 1. The van der Waals surface area contributed by atoms with Crippen LogP contribution in [0, 0.1) is 0 Å². The van der Waals surface area contributed by atoms with Crippen LogP contribution in [0.5, 0.6) is 0 Å².